The fourth-order valence-corrected chi connectivity index (χ4v) is 4.73. The van der Waals surface area contributed by atoms with Crippen molar-refractivity contribution in [2.24, 2.45) is 0 Å². The van der Waals surface area contributed by atoms with Crippen molar-refractivity contribution >= 4 is 54.4 Å². The second-order valence-electron chi connectivity index (χ2n) is 8.87. The minimum Gasteiger partial charge on any atom is -0.397 e. The van der Waals surface area contributed by atoms with Gasteiger partial charge in [-0.3, -0.25) is 15.0 Å². The average molecular weight is 527 g/mol. The molecule has 0 aliphatic carbocycles. The molecule has 3 heterocycles. The van der Waals surface area contributed by atoms with Gasteiger partial charge in [0.2, 0.25) is 16.0 Å². The molecule has 11 nitrogen and oxygen atoms in total. The number of nitrogens with zero attached hydrogens (tertiary/aromatic N) is 4. The first-order chi connectivity index (χ1) is 17.0. The van der Waals surface area contributed by atoms with E-state index in [1.165, 1.54) is 23.7 Å². The molecule has 2 amide bonds. The van der Waals surface area contributed by atoms with Gasteiger partial charge >= 0.3 is 6.03 Å². The number of thiazole rings is 1. The summed E-state index contributed by atoms with van der Waals surface area (Å²) in [7, 11) is -3.66. The number of amides is 2. The van der Waals surface area contributed by atoms with Crippen molar-refractivity contribution in [2.75, 3.05) is 22.3 Å². The Morgan fingerprint density at radius 3 is 2.39 bits per heavy atom. The molecule has 0 radical (unpaired) electrons. The maximum Gasteiger partial charge on any atom is 0.321 e. The fraction of sp³-hybridized carbons (Fsp3) is 0.261. The number of hydrogen-bond acceptors (Lipinski definition) is 9. The molecular formula is C23H26N8O3S2. The van der Waals surface area contributed by atoms with Crippen molar-refractivity contribution in [1.82, 2.24) is 25.3 Å². The summed E-state index contributed by atoms with van der Waals surface area (Å²) in [5, 5.41) is 5.87. The zero-order valence-electron chi connectivity index (χ0n) is 20.2. The zero-order chi connectivity index (χ0) is 26.1. The molecule has 36 heavy (non-hydrogen) atoms. The molecule has 0 saturated carbocycles. The Morgan fingerprint density at radius 1 is 1.06 bits per heavy atom. The molecule has 0 aliphatic heterocycles. The van der Waals surface area contributed by atoms with Gasteiger partial charge in [-0.15, -0.1) is 0 Å². The third-order valence-electron chi connectivity index (χ3n) is 5.13. The van der Waals surface area contributed by atoms with Gasteiger partial charge in [-0.25, -0.2) is 28.2 Å². The number of rotatable bonds is 6. The highest BCUT2D eigenvalue weighted by molar-refractivity contribution is 7.94. The molecule has 1 aromatic carbocycles. The SMILES string of the molecule is CCNC(=O)Nc1nc2cc(-c3cnc(NS(=O)(=O)C(C)(C)C)nc3)cc(-c3ccc(N)cn3)c2s1. The van der Waals surface area contributed by atoms with Crippen LogP contribution in [0.3, 0.4) is 0 Å². The lowest BCUT2D eigenvalue weighted by Crippen LogP contribution is -2.34. The lowest BCUT2D eigenvalue weighted by atomic mass is 10.0. The highest BCUT2D eigenvalue weighted by Crippen LogP contribution is 2.38. The Hall–Kier alpha value is -3.84. The van der Waals surface area contributed by atoms with E-state index in [1.807, 2.05) is 25.1 Å². The Bertz CT molecular complexity index is 1510. The lowest BCUT2D eigenvalue weighted by molar-refractivity contribution is 0.252. The second-order valence-corrected chi connectivity index (χ2v) is 12.3. The smallest absolute Gasteiger partial charge is 0.321 e. The van der Waals surface area contributed by atoms with Gasteiger partial charge in [0.05, 0.1) is 32.5 Å². The third kappa shape index (κ3) is 5.36. The normalized spacial score (nSPS) is 11.9. The van der Waals surface area contributed by atoms with Crippen molar-refractivity contribution in [3.8, 4) is 22.4 Å². The van der Waals surface area contributed by atoms with Crippen LogP contribution in [0.25, 0.3) is 32.6 Å². The summed E-state index contributed by atoms with van der Waals surface area (Å²) < 4.78 is 27.1. The number of sulfonamides is 1. The first kappa shape index (κ1) is 25.3. The molecule has 188 valence electrons. The number of aromatic nitrogens is 4. The molecule has 3 aromatic heterocycles. The minimum atomic E-state index is -3.66. The van der Waals surface area contributed by atoms with Crippen molar-refractivity contribution in [2.45, 2.75) is 32.4 Å². The van der Waals surface area contributed by atoms with Gasteiger partial charge in [-0.1, -0.05) is 11.3 Å². The lowest BCUT2D eigenvalue weighted by Gasteiger charge is -2.19. The quantitative estimate of drug-likeness (QED) is 0.292. The van der Waals surface area contributed by atoms with Crippen LogP contribution in [0.15, 0.2) is 42.9 Å². The van der Waals surface area contributed by atoms with Crippen molar-refractivity contribution < 1.29 is 13.2 Å². The van der Waals surface area contributed by atoms with Crippen molar-refractivity contribution in [3.63, 3.8) is 0 Å². The van der Waals surface area contributed by atoms with E-state index >= 15 is 0 Å². The summed E-state index contributed by atoms with van der Waals surface area (Å²) in [6.07, 6.45) is 4.64. The maximum atomic E-state index is 12.4. The zero-order valence-corrected chi connectivity index (χ0v) is 21.8. The third-order valence-corrected chi connectivity index (χ3v) is 8.21. The average Bonchev–Trinajstić information content (AvgIpc) is 3.21. The number of anilines is 3. The number of nitrogens with two attached hydrogens (primary N) is 1. The number of pyridine rings is 1. The van der Waals surface area contributed by atoms with Gasteiger partial charge in [0.1, 0.15) is 0 Å². The molecule has 0 fully saturated rings. The summed E-state index contributed by atoms with van der Waals surface area (Å²) in [6, 6.07) is 7.01. The first-order valence-corrected chi connectivity index (χ1v) is 13.3. The number of nitrogens with one attached hydrogen (secondary N) is 3. The van der Waals surface area contributed by atoms with Gasteiger partial charge in [0, 0.05) is 30.1 Å². The second kappa shape index (κ2) is 9.66. The van der Waals surface area contributed by atoms with Gasteiger partial charge in [-0.2, -0.15) is 0 Å². The Labute approximate surface area is 212 Å². The number of carbonyl (C=O) groups excluding carboxylic acids is 1. The van der Waals surface area contributed by atoms with Crippen molar-refractivity contribution in [1.29, 1.82) is 0 Å². The Balaban J connectivity index is 1.76. The topological polar surface area (TPSA) is 165 Å². The molecule has 0 unspecified atom stereocenters. The molecule has 0 bridgehead atoms. The highest BCUT2D eigenvalue weighted by Gasteiger charge is 2.29. The predicted octanol–water partition coefficient (Wildman–Crippen LogP) is 4.08. The maximum absolute atomic E-state index is 12.4. The van der Waals surface area contributed by atoms with Crippen LogP contribution in [0.2, 0.25) is 0 Å². The van der Waals surface area contributed by atoms with Crippen LogP contribution in [-0.2, 0) is 10.0 Å². The largest absolute Gasteiger partial charge is 0.397 e. The van der Waals surface area contributed by atoms with Crippen LogP contribution < -0.4 is 21.1 Å². The van der Waals surface area contributed by atoms with Crippen LogP contribution in [0, 0.1) is 0 Å². The van der Waals surface area contributed by atoms with Gasteiger partial charge < -0.3 is 11.1 Å². The number of carbonyl (C=O) groups is 1. The number of hydrogen-bond donors (Lipinski definition) is 4. The van der Waals surface area contributed by atoms with Crippen LogP contribution in [-0.4, -0.2) is 45.7 Å². The highest BCUT2D eigenvalue weighted by atomic mass is 32.2. The molecule has 4 aromatic rings. The predicted molar refractivity (Wildman–Crippen MR) is 143 cm³/mol. The summed E-state index contributed by atoms with van der Waals surface area (Å²) in [6.45, 7) is 7.09. The molecule has 0 spiro atoms. The molecule has 0 atom stereocenters. The van der Waals surface area contributed by atoms with Crippen LogP contribution in [0.5, 0.6) is 0 Å². The number of urea groups is 1. The fourth-order valence-electron chi connectivity index (χ4n) is 3.11. The summed E-state index contributed by atoms with van der Waals surface area (Å²) in [5.74, 6) is -0.0164. The van der Waals surface area contributed by atoms with Crippen LogP contribution >= 0.6 is 11.3 Å². The van der Waals surface area contributed by atoms with Gasteiger partial charge in [0.15, 0.2) is 5.13 Å². The molecule has 0 aliphatic rings. The van der Waals surface area contributed by atoms with E-state index in [2.05, 4.69) is 35.3 Å². The van der Waals surface area contributed by atoms with Crippen LogP contribution in [0.1, 0.15) is 27.7 Å². The Kier molecular flexibility index (Phi) is 6.78. The first-order valence-electron chi connectivity index (χ1n) is 11.0. The van der Waals surface area contributed by atoms with Gasteiger partial charge in [0.25, 0.3) is 0 Å². The van der Waals surface area contributed by atoms with E-state index < -0.39 is 14.8 Å². The summed E-state index contributed by atoms with van der Waals surface area (Å²) >= 11 is 1.33. The number of fused-ring (bicyclic) bond motifs is 1. The monoisotopic (exact) mass is 526 g/mol. The van der Waals surface area contributed by atoms with E-state index in [4.69, 9.17) is 5.73 Å². The Morgan fingerprint density at radius 2 is 1.78 bits per heavy atom. The molecule has 13 heteroatoms. The summed E-state index contributed by atoms with van der Waals surface area (Å²) in [5.41, 5.74) is 9.88. The van der Waals surface area contributed by atoms with E-state index in [9.17, 15) is 13.2 Å². The van der Waals surface area contributed by atoms with Crippen LogP contribution in [0.4, 0.5) is 21.6 Å². The van der Waals surface area contributed by atoms with E-state index in [-0.39, 0.29) is 12.0 Å². The van der Waals surface area contributed by atoms with E-state index in [0.717, 1.165) is 15.8 Å². The molecular weight excluding hydrogens is 500 g/mol. The molecule has 5 N–H and O–H groups in total. The standard InChI is InChI=1S/C23H26N8O3S2/c1-5-25-21(32)30-22-29-18-9-13(8-16(19(18)35-22)17-7-6-15(24)12-26-17)14-10-27-20(28-11-14)31-36(33,34)23(2,3)4/h6-12H,5,24H2,1-4H3,(H,27,28,31)(H2,25,29,30,32). The van der Waals surface area contributed by atoms with Gasteiger partial charge in [-0.05, 0) is 57.5 Å². The summed E-state index contributed by atoms with van der Waals surface area (Å²) in [4.78, 5) is 29.4. The van der Waals surface area contributed by atoms with E-state index in [0.29, 0.717) is 34.1 Å². The molecule has 0 saturated heterocycles. The number of nitrogen functional groups attached to an aromatic ring is 1. The van der Waals surface area contributed by atoms with Crippen molar-refractivity contribution in [3.05, 3.63) is 42.9 Å². The number of benzene rings is 1. The minimum absolute atomic E-state index is 0.0164. The molecule has 4 rings (SSSR count). The van der Waals surface area contributed by atoms with E-state index in [1.54, 1.807) is 33.0 Å².